The third kappa shape index (κ3) is 2.43. The van der Waals surface area contributed by atoms with Gasteiger partial charge in [-0.15, -0.1) is 0 Å². The third-order valence-electron chi connectivity index (χ3n) is 3.16. The quantitative estimate of drug-likeness (QED) is 0.894. The van der Waals surface area contributed by atoms with E-state index in [1.165, 1.54) is 12.1 Å². The van der Waals surface area contributed by atoms with Crippen molar-refractivity contribution in [3.63, 3.8) is 0 Å². The van der Waals surface area contributed by atoms with Crippen molar-refractivity contribution in [2.24, 2.45) is 5.92 Å². The van der Waals surface area contributed by atoms with Gasteiger partial charge in [0, 0.05) is 4.47 Å². The van der Waals surface area contributed by atoms with Crippen LogP contribution in [0.25, 0.3) is 0 Å². The van der Waals surface area contributed by atoms with Gasteiger partial charge < -0.3 is 5.11 Å². The van der Waals surface area contributed by atoms with Gasteiger partial charge in [0.1, 0.15) is 11.6 Å². The molecule has 1 aromatic rings. The Hall–Kier alpha value is -0.480. The van der Waals surface area contributed by atoms with Gasteiger partial charge in [-0.2, -0.15) is 0 Å². The fraction of sp³-hybridized carbons (Fsp3) is 0.500. The predicted molar refractivity (Wildman–Crippen MR) is 61.0 cm³/mol. The minimum absolute atomic E-state index is 0.199. The van der Waals surface area contributed by atoms with E-state index in [1.54, 1.807) is 0 Å². The molecule has 1 fully saturated rings. The van der Waals surface area contributed by atoms with Crippen molar-refractivity contribution in [2.75, 3.05) is 0 Å². The average molecular weight is 291 g/mol. The largest absolute Gasteiger partial charge is 0.388 e. The molecule has 1 unspecified atom stereocenters. The fourth-order valence-electron chi connectivity index (χ4n) is 2.03. The lowest BCUT2D eigenvalue weighted by molar-refractivity contribution is 0.111. The molecule has 0 heterocycles. The average Bonchev–Trinajstić information content (AvgIpc) is 2.09. The summed E-state index contributed by atoms with van der Waals surface area (Å²) < 4.78 is 27.4. The normalized spacial score (nSPS) is 18.2. The van der Waals surface area contributed by atoms with Crippen molar-refractivity contribution in [1.82, 2.24) is 0 Å². The van der Waals surface area contributed by atoms with Crippen LogP contribution in [0.3, 0.4) is 0 Å². The van der Waals surface area contributed by atoms with E-state index in [2.05, 4.69) is 15.9 Å². The number of halogens is 3. The van der Waals surface area contributed by atoms with E-state index in [-0.39, 0.29) is 5.56 Å². The SMILES string of the molecule is OC(CC1CCC1)c1c(F)cc(Br)cc1F. The smallest absolute Gasteiger partial charge is 0.133 e. The Morgan fingerprint density at radius 2 is 1.88 bits per heavy atom. The van der Waals surface area contributed by atoms with E-state index in [0.717, 1.165) is 19.3 Å². The van der Waals surface area contributed by atoms with Gasteiger partial charge in [-0.05, 0) is 24.5 Å². The third-order valence-corrected chi connectivity index (χ3v) is 3.62. The Labute approximate surface area is 102 Å². The lowest BCUT2D eigenvalue weighted by Gasteiger charge is -2.27. The topological polar surface area (TPSA) is 20.2 Å². The van der Waals surface area contributed by atoms with Gasteiger partial charge in [-0.1, -0.05) is 35.2 Å². The molecule has 1 aromatic carbocycles. The molecule has 0 bridgehead atoms. The second-order valence-corrected chi connectivity index (χ2v) is 5.25. The summed E-state index contributed by atoms with van der Waals surface area (Å²) >= 11 is 3.01. The van der Waals surface area contributed by atoms with Gasteiger partial charge in [-0.3, -0.25) is 0 Å². The standard InChI is InChI=1S/C12H13BrF2O/c13-8-5-9(14)12(10(15)6-8)11(16)4-7-2-1-3-7/h5-7,11,16H,1-4H2. The summed E-state index contributed by atoms with van der Waals surface area (Å²) in [5.74, 6) is -0.949. The van der Waals surface area contributed by atoms with Crippen LogP contribution in [0.1, 0.15) is 37.4 Å². The van der Waals surface area contributed by atoms with E-state index in [0.29, 0.717) is 16.8 Å². The van der Waals surface area contributed by atoms with E-state index < -0.39 is 17.7 Å². The summed E-state index contributed by atoms with van der Waals surface area (Å²) in [5.41, 5.74) is -0.199. The van der Waals surface area contributed by atoms with Gasteiger partial charge in [-0.25, -0.2) is 8.78 Å². The lowest BCUT2D eigenvalue weighted by atomic mass is 9.80. The monoisotopic (exact) mass is 290 g/mol. The Balaban J connectivity index is 2.17. The summed E-state index contributed by atoms with van der Waals surface area (Å²) in [7, 11) is 0. The molecule has 1 atom stereocenters. The maximum atomic E-state index is 13.5. The molecule has 1 N–H and O–H groups in total. The first-order chi connectivity index (χ1) is 7.58. The first kappa shape index (κ1) is 12.0. The first-order valence-corrected chi connectivity index (χ1v) is 6.19. The Bertz CT molecular complexity index is 368. The molecule has 0 spiro atoms. The van der Waals surface area contributed by atoms with Crippen LogP contribution in [-0.2, 0) is 0 Å². The van der Waals surface area contributed by atoms with E-state index in [4.69, 9.17) is 0 Å². The van der Waals surface area contributed by atoms with Gasteiger partial charge in [0.05, 0.1) is 11.7 Å². The van der Waals surface area contributed by atoms with E-state index in [1.807, 2.05) is 0 Å². The zero-order chi connectivity index (χ0) is 11.7. The molecule has 16 heavy (non-hydrogen) atoms. The van der Waals surface area contributed by atoms with Crippen molar-refractivity contribution in [3.05, 3.63) is 33.8 Å². The predicted octanol–water partition coefficient (Wildman–Crippen LogP) is 3.95. The zero-order valence-electron chi connectivity index (χ0n) is 8.72. The molecule has 0 radical (unpaired) electrons. The Kier molecular flexibility index (Phi) is 3.60. The molecular formula is C12H13BrF2O. The van der Waals surface area contributed by atoms with Crippen LogP contribution >= 0.6 is 15.9 Å². The second kappa shape index (κ2) is 4.80. The second-order valence-electron chi connectivity index (χ2n) is 4.33. The van der Waals surface area contributed by atoms with E-state index in [9.17, 15) is 13.9 Å². The molecule has 0 saturated heterocycles. The minimum Gasteiger partial charge on any atom is -0.388 e. The minimum atomic E-state index is -1.03. The molecule has 1 saturated carbocycles. The fourth-order valence-corrected chi connectivity index (χ4v) is 2.44. The van der Waals surface area contributed by atoms with Crippen LogP contribution in [0.15, 0.2) is 16.6 Å². The highest BCUT2D eigenvalue weighted by molar-refractivity contribution is 9.10. The molecule has 4 heteroatoms. The maximum Gasteiger partial charge on any atom is 0.133 e. The van der Waals surface area contributed by atoms with Crippen LogP contribution in [0.2, 0.25) is 0 Å². The van der Waals surface area contributed by atoms with Gasteiger partial charge in [0.25, 0.3) is 0 Å². The van der Waals surface area contributed by atoms with Gasteiger partial charge >= 0.3 is 0 Å². The van der Waals surface area contributed by atoms with Crippen molar-refractivity contribution in [3.8, 4) is 0 Å². The molecule has 0 amide bonds. The summed E-state index contributed by atoms with van der Waals surface area (Å²) in [5, 5.41) is 9.81. The number of rotatable bonds is 3. The van der Waals surface area contributed by atoms with Crippen LogP contribution in [0.5, 0.6) is 0 Å². The summed E-state index contributed by atoms with van der Waals surface area (Å²) in [6.45, 7) is 0. The molecule has 0 aromatic heterocycles. The number of hydrogen-bond acceptors (Lipinski definition) is 1. The van der Waals surface area contributed by atoms with Crippen molar-refractivity contribution >= 4 is 15.9 Å². The van der Waals surface area contributed by atoms with Crippen LogP contribution < -0.4 is 0 Å². The number of aliphatic hydroxyl groups is 1. The summed E-state index contributed by atoms with van der Waals surface area (Å²) in [6, 6.07) is 2.37. The highest BCUT2D eigenvalue weighted by Gasteiger charge is 2.25. The van der Waals surface area contributed by atoms with Gasteiger partial charge in [0.15, 0.2) is 0 Å². The highest BCUT2D eigenvalue weighted by atomic mass is 79.9. The Morgan fingerprint density at radius 3 is 2.31 bits per heavy atom. The molecule has 0 aliphatic heterocycles. The summed E-state index contributed by atoms with van der Waals surface area (Å²) in [4.78, 5) is 0. The van der Waals surface area contributed by atoms with Crippen molar-refractivity contribution < 1.29 is 13.9 Å². The van der Waals surface area contributed by atoms with E-state index >= 15 is 0 Å². The molecule has 1 aliphatic carbocycles. The molecule has 88 valence electrons. The van der Waals surface area contributed by atoms with Crippen LogP contribution in [0, 0.1) is 17.6 Å². The van der Waals surface area contributed by atoms with Crippen molar-refractivity contribution in [1.29, 1.82) is 0 Å². The molecular weight excluding hydrogens is 278 g/mol. The van der Waals surface area contributed by atoms with Crippen molar-refractivity contribution in [2.45, 2.75) is 31.8 Å². The Morgan fingerprint density at radius 1 is 1.31 bits per heavy atom. The first-order valence-electron chi connectivity index (χ1n) is 5.40. The summed E-state index contributed by atoms with van der Waals surface area (Å²) in [6.07, 6.45) is 2.68. The van der Waals surface area contributed by atoms with Crippen LogP contribution in [0.4, 0.5) is 8.78 Å². The highest BCUT2D eigenvalue weighted by Crippen LogP contribution is 2.36. The maximum absolute atomic E-state index is 13.5. The van der Waals surface area contributed by atoms with Gasteiger partial charge in [0.2, 0.25) is 0 Å². The number of benzene rings is 1. The number of aliphatic hydroxyl groups excluding tert-OH is 1. The molecule has 1 nitrogen and oxygen atoms in total. The van der Waals surface area contributed by atoms with Crippen LogP contribution in [-0.4, -0.2) is 5.11 Å². The number of hydrogen-bond donors (Lipinski definition) is 1. The molecule has 2 rings (SSSR count). The molecule has 1 aliphatic rings. The zero-order valence-corrected chi connectivity index (χ0v) is 10.3. The lowest BCUT2D eigenvalue weighted by Crippen LogP contribution is -2.16.